The molecule has 4 heteroatoms. The van der Waals surface area contributed by atoms with E-state index >= 15 is 0 Å². The van der Waals surface area contributed by atoms with E-state index < -0.39 is 0 Å². The van der Waals surface area contributed by atoms with Crippen LogP contribution in [-0.2, 0) is 4.79 Å². The van der Waals surface area contributed by atoms with Crippen molar-refractivity contribution >= 4 is 24.0 Å². The van der Waals surface area contributed by atoms with Crippen LogP contribution in [0.15, 0.2) is 18.2 Å². The lowest BCUT2D eigenvalue weighted by Crippen LogP contribution is -2.34. The van der Waals surface area contributed by atoms with Crippen molar-refractivity contribution in [3.63, 3.8) is 0 Å². The fourth-order valence-corrected chi connectivity index (χ4v) is 2.17. The standard InChI is InChI=1S/C17H28N2O.ClH/c1-10(2)14-8-7-9-15(11(3)4)16(14)19-17(20)12(5)13(6)18;/h7-13H,18H2,1-6H3,(H,19,20);1H. The molecule has 3 N–H and O–H groups in total. The van der Waals surface area contributed by atoms with Gasteiger partial charge in [0.25, 0.3) is 0 Å². The molecule has 120 valence electrons. The number of hydrogen-bond acceptors (Lipinski definition) is 2. The number of nitrogens with one attached hydrogen (secondary N) is 1. The molecule has 0 radical (unpaired) electrons. The number of para-hydroxylation sites is 1. The largest absolute Gasteiger partial charge is 0.327 e. The van der Waals surface area contributed by atoms with Gasteiger partial charge in [-0.2, -0.15) is 0 Å². The van der Waals surface area contributed by atoms with Gasteiger partial charge in [-0.1, -0.05) is 52.8 Å². The van der Waals surface area contributed by atoms with Crippen LogP contribution in [0.25, 0.3) is 0 Å². The number of amides is 1. The summed E-state index contributed by atoms with van der Waals surface area (Å²) in [6.45, 7) is 12.3. The molecule has 0 bridgehead atoms. The highest BCUT2D eigenvalue weighted by Crippen LogP contribution is 2.32. The summed E-state index contributed by atoms with van der Waals surface area (Å²) in [5.41, 5.74) is 9.16. The Kier molecular flexibility index (Phi) is 7.98. The van der Waals surface area contributed by atoms with Gasteiger partial charge in [0, 0.05) is 11.7 Å². The van der Waals surface area contributed by atoms with Crippen LogP contribution in [0.4, 0.5) is 5.69 Å². The van der Waals surface area contributed by atoms with Crippen molar-refractivity contribution in [1.29, 1.82) is 0 Å². The highest BCUT2D eigenvalue weighted by molar-refractivity contribution is 5.94. The molecule has 1 amide bonds. The van der Waals surface area contributed by atoms with Gasteiger partial charge in [0.1, 0.15) is 0 Å². The quantitative estimate of drug-likeness (QED) is 0.852. The fraction of sp³-hybridized carbons (Fsp3) is 0.588. The summed E-state index contributed by atoms with van der Waals surface area (Å²) < 4.78 is 0. The van der Waals surface area contributed by atoms with Crippen molar-refractivity contribution in [2.75, 3.05) is 5.32 Å². The number of carbonyl (C=O) groups is 1. The molecule has 0 saturated carbocycles. The van der Waals surface area contributed by atoms with Crippen LogP contribution in [0, 0.1) is 5.92 Å². The van der Waals surface area contributed by atoms with Gasteiger partial charge in [-0.25, -0.2) is 0 Å². The SMILES string of the molecule is CC(C)c1cccc(C(C)C)c1NC(=O)C(C)C(C)N.Cl. The molecule has 1 aromatic rings. The molecule has 0 aliphatic rings. The molecule has 2 atom stereocenters. The summed E-state index contributed by atoms with van der Waals surface area (Å²) in [7, 11) is 0. The predicted octanol–water partition coefficient (Wildman–Crippen LogP) is 4.28. The molecule has 0 aliphatic heterocycles. The zero-order valence-electron chi connectivity index (χ0n) is 13.9. The Labute approximate surface area is 135 Å². The first kappa shape index (κ1) is 19.9. The van der Waals surface area contributed by atoms with Gasteiger partial charge in [0.2, 0.25) is 5.91 Å². The van der Waals surface area contributed by atoms with Crippen molar-refractivity contribution in [3.05, 3.63) is 29.3 Å². The third-order valence-corrected chi connectivity index (χ3v) is 3.82. The minimum Gasteiger partial charge on any atom is -0.327 e. The third kappa shape index (κ3) is 5.01. The summed E-state index contributed by atoms with van der Waals surface area (Å²) in [6.07, 6.45) is 0. The summed E-state index contributed by atoms with van der Waals surface area (Å²) in [5.74, 6) is 0.537. The van der Waals surface area contributed by atoms with Crippen molar-refractivity contribution < 1.29 is 4.79 Å². The first-order valence-electron chi connectivity index (χ1n) is 7.44. The Balaban J connectivity index is 0.00000400. The van der Waals surface area contributed by atoms with Crippen LogP contribution in [-0.4, -0.2) is 11.9 Å². The number of rotatable bonds is 5. The Morgan fingerprint density at radius 3 is 1.76 bits per heavy atom. The number of carbonyl (C=O) groups excluding carboxylic acids is 1. The molecule has 1 rings (SSSR count). The van der Waals surface area contributed by atoms with Crippen LogP contribution < -0.4 is 11.1 Å². The number of benzene rings is 1. The van der Waals surface area contributed by atoms with E-state index in [-0.39, 0.29) is 30.3 Å². The summed E-state index contributed by atoms with van der Waals surface area (Å²) in [5, 5.41) is 3.10. The summed E-state index contributed by atoms with van der Waals surface area (Å²) in [4.78, 5) is 12.3. The predicted molar refractivity (Wildman–Crippen MR) is 93.3 cm³/mol. The summed E-state index contributed by atoms with van der Waals surface area (Å²) in [6, 6.07) is 6.09. The first-order valence-corrected chi connectivity index (χ1v) is 7.44. The molecule has 0 heterocycles. The first-order chi connectivity index (χ1) is 9.25. The monoisotopic (exact) mass is 312 g/mol. The van der Waals surface area contributed by atoms with E-state index in [1.54, 1.807) is 0 Å². The lowest BCUT2D eigenvalue weighted by molar-refractivity contribution is -0.119. The van der Waals surface area contributed by atoms with E-state index in [0.29, 0.717) is 11.8 Å². The van der Waals surface area contributed by atoms with Crippen LogP contribution in [0.5, 0.6) is 0 Å². The van der Waals surface area contributed by atoms with Gasteiger partial charge in [-0.15, -0.1) is 12.4 Å². The molecule has 3 nitrogen and oxygen atoms in total. The number of anilines is 1. The maximum atomic E-state index is 12.3. The average molecular weight is 313 g/mol. The molecular weight excluding hydrogens is 284 g/mol. The molecule has 0 fully saturated rings. The molecule has 1 aromatic carbocycles. The normalized spacial score (nSPS) is 13.8. The Bertz CT molecular complexity index is 444. The van der Waals surface area contributed by atoms with Gasteiger partial charge in [0.05, 0.1) is 5.92 Å². The minimum absolute atomic E-state index is 0. The maximum Gasteiger partial charge on any atom is 0.228 e. The van der Waals surface area contributed by atoms with Crippen LogP contribution in [0.3, 0.4) is 0 Å². The van der Waals surface area contributed by atoms with E-state index in [4.69, 9.17) is 5.73 Å². The van der Waals surface area contributed by atoms with Crippen LogP contribution in [0.2, 0.25) is 0 Å². The zero-order valence-corrected chi connectivity index (χ0v) is 14.8. The molecule has 21 heavy (non-hydrogen) atoms. The lowest BCUT2D eigenvalue weighted by atomic mass is 9.92. The van der Waals surface area contributed by atoms with Crippen molar-refractivity contribution in [3.8, 4) is 0 Å². The smallest absolute Gasteiger partial charge is 0.228 e. The van der Waals surface area contributed by atoms with Gasteiger partial charge < -0.3 is 11.1 Å². The Morgan fingerprint density at radius 2 is 1.43 bits per heavy atom. The van der Waals surface area contributed by atoms with E-state index in [2.05, 4.69) is 51.2 Å². The average Bonchev–Trinajstić information content (AvgIpc) is 2.37. The lowest BCUT2D eigenvalue weighted by Gasteiger charge is -2.22. The second kappa shape index (κ2) is 8.40. The van der Waals surface area contributed by atoms with E-state index in [0.717, 1.165) is 5.69 Å². The Morgan fingerprint density at radius 1 is 1.00 bits per heavy atom. The highest BCUT2D eigenvalue weighted by Gasteiger charge is 2.21. The van der Waals surface area contributed by atoms with Crippen molar-refractivity contribution in [2.24, 2.45) is 11.7 Å². The number of halogens is 1. The molecule has 2 unspecified atom stereocenters. The van der Waals surface area contributed by atoms with Crippen molar-refractivity contribution in [1.82, 2.24) is 0 Å². The van der Waals surface area contributed by atoms with Crippen LogP contribution in [0.1, 0.15) is 64.5 Å². The molecule has 0 saturated heterocycles. The second-order valence-corrected chi connectivity index (χ2v) is 6.26. The fourth-order valence-electron chi connectivity index (χ4n) is 2.17. The van der Waals surface area contributed by atoms with E-state index in [9.17, 15) is 4.79 Å². The second-order valence-electron chi connectivity index (χ2n) is 6.26. The van der Waals surface area contributed by atoms with Gasteiger partial charge in [-0.05, 0) is 29.9 Å². The number of hydrogen-bond donors (Lipinski definition) is 2. The minimum atomic E-state index is -0.199. The molecule has 0 aliphatic carbocycles. The van der Waals surface area contributed by atoms with Gasteiger partial charge >= 0.3 is 0 Å². The maximum absolute atomic E-state index is 12.3. The topological polar surface area (TPSA) is 55.1 Å². The highest BCUT2D eigenvalue weighted by atomic mass is 35.5. The molecule has 0 aromatic heterocycles. The summed E-state index contributed by atoms with van der Waals surface area (Å²) >= 11 is 0. The third-order valence-electron chi connectivity index (χ3n) is 3.82. The van der Waals surface area contributed by atoms with Gasteiger partial charge in [0.15, 0.2) is 0 Å². The van der Waals surface area contributed by atoms with E-state index in [1.807, 2.05) is 13.8 Å². The van der Waals surface area contributed by atoms with Crippen LogP contribution >= 0.6 is 12.4 Å². The molecular formula is C17H29ClN2O. The van der Waals surface area contributed by atoms with Crippen molar-refractivity contribution in [2.45, 2.75) is 59.4 Å². The Hall–Kier alpha value is -1.06. The number of nitrogens with two attached hydrogens (primary N) is 1. The van der Waals surface area contributed by atoms with E-state index in [1.165, 1.54) is 11.1 Å². The zero-order chi connectivity index (χ0) is 15.4. The van der Waals surface area contributed by atoms with Gasteiger partial charge in [-0.3, -0.25) is 4.79 Å². The molecule has 0 spiro atoms.